The highest BCUT2D eigenvalue weighted by atomic mass is 35.5. The molecule has 6 heteroatoms. The summed E-state index contributed by atoms with van der Waals surface area (Å²) in [4.78, 5) is 27.6. The molecule has 0 atom stereocenters. The minimum absolute atomic E-state index is 0. The van der Waals surface area contributed by atoms with E-state index in [-0.39, 0.29) is 30.8 Å². The molecule has 1 aromatic rings. The van der Waals surface area contributed by atoms with E-state index in [2.05, 4.69) is 5.32 Å². The Bertz CT molecular complexity index is 499. The molecule has 5 nitrogen and oxygen atoms in total. The van der Waals surface area contributed by atoms with Crippen LogP contribution in [0.25, 0.3) is 0 Å². The number of carbonyl (C=O) groups is 2. The third kappa shape index (κ3) is 5.31. The SMILES string of the molecule is Cc1ccc(CC(=O)N(C)CC(=O)N2CCNCC2)cc1.Cl. The third-order valence-corrected chi connectivity index (χ3v) is 3.74. The van der Waals surface area contributed by atoms with Crippen molar-refractivity contribution in [2.75, 3.05) is 39.8 Å². The molecule has 0 saturated carbocycles. The lowest BCUT2D eigenvalue weighted by atomic mass is 10.1. The summed E-state index contributed by atoms with van der Waals surface area (Å²) >= 11 is 0. The summed E-state index contributed by atoms with van der Waals surface area (Å²) in [7, 11) is 1.69. The van der Waals surface area contributed by atoms with Crippen molar-refractivity contribution in [1.29, 1.82) is 0 Å². The molecule has 22 heavy (non-hydrogen) atoms. The zero-order valence-electron chi connectivity index (χ0n) is 13.2. The fourth-order valence-electron chi connectivity index (χ4n) is 2.32. The Kier molecular flexibility index (Phi) is 7.35. The summed E-state index contributed by atoms with van der Waals surface area (Å²) in [6, 6.07) is 7.90. The molecule has 1 saturated heterocycles. The average molecular weight is 326 g/mol. The smallest absolute Gasteiger partial charge is 0.242 e. The number of amides is 2. The van der Waals surface area contributed by atoms with Crippen LogP contribution in [0.2, 0.25) is 0 Å². The minimum atomic E-state index is -0.0256. The zero-order valence-corrected chi connectivity index (χ0v) is 14.0. The van der Waals surface area contributed by atoms with Gasteiger partial charge in [0, 0.05) is 33.2 Å². The van der Waals surface area contributed by atoms with Gasteiger partial charge >= 0.3 is 0 Å². The molecular formula is C16H24ClN3O2. The zero-order chi connectivity index (χ0) is 15.2. The normalized spacial score (nSPS) is 14.2. The number of hydrogen-bond acceptors (Lipinski definition) is 3. The largest absolute Gasteiger partial charge is 0.339 e. The number of carbonyl (C=O) groups excluding carboxylic acids is 2. The fraction of sp³-hybridized carbons (Fsp3) is 0.500. The highest BCUT2D eigenvalue weighted by Crippen LogP contribution is 2.06. The highest BCUT2D eigenvalue weighted by Gasteiger charge is 2.19. The lowest BCUT2D eigenvalue weighted by molar-refractivity contribution is -0.139. The highest BCUT2D eigenvalue weighted by molar-refractivity contribution is 5.86. The Morgan fingerprint density at radius 2 is 1.77 bits per heavy atom. The number of benzene rings is 1. The van der Waals surface area contributed by atoms with Crippen molar-refractivity contribution in [3.05, 3.63) is 35.4 Å². The van der Waals surface area contributed by atoms with Gasteiger partial charge in [0.15, 0.2) is 0 Å². The van der Waals surface area contributed by atoms with Crippen LogP contribution < -0.4 is 5.32 Å². The van der Waals surface area contributed by atoms with E-state index >= 15 is 0 Å². The van der Waals surface area contributed by atoms with Crippen LogP contribution in [-0.4, -0.2) is 61.4 Å². The van der Waals surface area contributed by atoms with E-state index in [1.807, 2.05) is 36.1 Å². The second-order valence-electron chi connectivity index (χ2n) is 5.54. The molecule has 0 aliphatic carbocycles. The van der Waals surface area contributed by atoms with E-state index in [1.165, 1.54) is 10.5 Å². The number of likely N-dealkylation sites (N-methyl/N-ethyl adjacent to an activating group) is 1. The van der Waals surface area contributed by atoms with Gasteiger partial charge in [0.2, 0.25) is 11.8 Å². The third-order valence-electron chi connectivity index (χ3n) is 3.74. The van der Waals surface area contributed by atoms with Crippen LogP contribution in [0.4, 0.5) is 0 Å². The summed E-state index contributed by atoms with van der Waals surface area (Å²) in [6.07, 6.45) is 0.339. The van der Waals surface area contributed by atoms with Crippen molar-refractivity contribution in [3.63, 3.8) is 0 Å². The maximum absolute atomic E-state index is 12.2. The van der Waals surface area contributed by atoms with Crippen LogP contribution in [0.3, 0.4) is 0 Å². The summed E-state index contributed by atoms with van der Waals surface area (Å²) in [5, 5.41) is 3.21. The number of piperazine rings is 1. The van der Waals surface area contributed by atoms with Crippen molar-refractivity contribution in [3.8, 4) is 0 Å². The van der Waals surface area contributed by atoms with E-state index in [4.69, 9.17) is 0 Å². The maximum atomic E-state index is 12.2. The van der Waals surface area contributed by atoms with Crippen molar-refractivity contribution < 1.29 is 9.59 Å². The first-order valence-corrected chi connectivity index (χ1v) is 7.34. The first kappa shape index (κ1) is 18.5. The molecule has 2 rings (SSSR count). The monoisotopic (exact) mass is 325 g/mol. The fourth-order valence-corrected chi connectivity index (χ4v) is 2.32. The predicted molar refractivity (Wildman–Crippen MR) is 89.2 cm³/mol. The Morgan fingerprint density at radius 3 is 2.36 bits per heavy atom. The molecule has 0 aromatic heterocycles. The van der Waals surface area contributed by atoms with E-state index in [0.29, 0.717) is 6.42 Å². The summed E-state index contributed by atoms with van der Waals surface area (Å²) in [6.45, 7) is 5.27. The van der Waals surface area contributed by atoms with E-state index in [1.54, 1.807) is 7.05 Å². The first-order valence-electron chi connectivity index (χ1n) is 7.34. The number of halogens is 1. The molecular weight excluding hydrogens is 302 g/mol. The summed E-state index contributed by atoms with van der Waals surface area (Å²) in [5.74, 6) is -0.00130. The van der Waals surface area contributed by atoms with Gasteiger partial charge in [0.05, 0.1) is 13.0 Å². The van der Waals surface area contributed by atoms with Gasteiger partial charge < -0.3 is 15.1 Å². The van der Waals surface area contributed by atoms with Gasteiger partial charge in [-0.05, 0) is 12.5 Å². The molecule has 1 N–H and O–H groups in total. The average Bonchev–Trinajstić information content (AvgIpc) is 2.50. The molecule has 2 amide bonds. The molecule has 1 aliphatic heterocycles. The quantitative estimate of drug-likeness (QED) is 0.893. The van der Waals surface area contributed by atoms with Crippen molar-refractivity contribution in [2.24, 2.45) is 0 Å². The topological polar surface area (TPSA) is 52.7 Å². The van der Waals surface area contributed by atoms with Crippen molar-refractivity contribution in [1.82, 2.24) is 15.1 Å². The predicted octanol–water partition coefficient (Wildman–Crippen LogP) is 0.850. The summed E-state index contributed by atoms with van der Waals surface area (Å²) < 4.78 is 0. The first-order chi connectivity index (χ1) is 10.1. The van der Waals surface area contributed by atoms with Crippen LogP contribution in [0.5, 0.6) is 0 Å². The Balaban J connectivity index is 0.00000242. The molecule has 0 bridgehead atoms. The standard InChI is InChI=1S/C16H23N3O2.ClH/c1-13-3-5-14(6-4-13)11-15(20)18(2)12-16(21)19-9-7-17-8-10-19;/h3-6,17H,7-12H2,1-2H3;1H. The molecule has 0 radical (unpaired) electrons. The molecule has 1 heterocycles. The lowest BCUT2D eigenvalue weighted by Crippen LogP contribution is -2.49. The van der Waals surface area contributed by atoms with Gasteiger partial charge in [0.25, 0.3) is 0 Å². The summed E-state index contributed by atoms with van der Waals surface area (Å²) in [5.41, 5.74) is 2.15. The van der Waals surface area contributed by atoms with Crippen molar-refractivity contribution >= 4 is 24.2 Å². The number of aryl methyl sites for hydroxylation is 1. The lowest BCUT2D eigenvalue weighted by Gasteiger charge is -2.29. The van der Waals surface area contributed by atoms with Gasteiger partial charge in [-0.2, -0.15) is 0 Å². The molecule has 122 valence electrons. The maximum Gasteiger partial charge on any atom is 0.242 e. The molecule has 1 aromatic carbocycles. The van der Waals surface area contributed by atoms with E-state index in [0.717, 1.165) is 31.7 Å². The van der Waals surface area contributed by atoms with Gasteiger partial charge in [-0.15, -0.1) is 12.4 Å². The molecule has 0 unspecified atom stereocenters. The van der Waals surface area contributed by atoms with E-state index in [9.17, 15) is 9.59 Å². The number of nitrogens with one attached hydrogen (secondary N) is 1. The van der Waals surface area contributed by atoms with Gasteiger partial charge in [-0.3, -0.25) is 9.59 Å². The van der Waals surface area contributed by atoms with Crippen LogP contribution >= 0.6 is 12.4 Å². The number of nitrogens with zero attached hydrogens (tertiary/aromatic N) is 2. The Morgan fingerprint density at radius 1 is 1.18 bits per heavy atom. The number of hydrogen-bond donors (Lipinski definition) is 1. The second kappa shape index (κ2) is 8.76. The van der Waals surface area contributed by atoms with Crippen LogP contribution in [0, 0.1) is 6.92 Å². The van der Waals surface area contributed by atoms with Crippen molar-refractivity contribution in [2.45, 2.75) is 13.3 Å². The number of rotatable bonds is 4. The second-order valence-corrected chi connectivity index (χ2v) is 5.54. The molecule has 1 fully saturated rings. The van der Waals surface area contributed by atoms with Crippen LogP contribution in [0.1, 0.15) is 11.1 Å². The van der Waals surface area contributed by atoms with Gasteiger partial charge in [-0.1, -0.05) is 29.8 Å². The molecule has 1 aliphatic rings. The van der Waals surface area contributed by atoms with Crippen LogP contribution in [-0.2, 0) is 16.0 Å². The van der Waals surface area contributed by atoms with E-state index < -0.39 is 0 Å². The Labute approximate surface area is 138 Å². The van der Waals surface area contributed by atoms with Gasteiger partial charge in [0.1, 0.15) is 0 Å². The minimum Gasteiger partial charge on any atom is -0.339 e. The van der Waals surface area contributed by atoms with Crippen LogP contribution in [0.15, 0.2) is 24.3 Å². The van der Waals surface area contributed by atoms with Gasteiger partial charge in [-0.25, -0.2) is 0 Å². The Hall–Kier alpha value is -1.59. The molecule has 0 spiro atoms.